The standard InChI is InChI=1S/C12H11FO2S/c1-9(16(13,14)15)11-7-6-10-4-2-3-5-12(10)8-11/h2-9H,1H3. The van der Waals surface area contributed by atoms with Gasteiger partial charge in [0.25, 0.3) is 0 Å². The summed E-state index contributed by atoms with van der Waals surface area (Å²) in [5.74, 6) is 0. The van der Waals surface area contributed by atoms with E-state index in [2.05, 4.69) is 0 Å². The zero-order valence-electron chi connectivity index (χ0n) is 8.72. The molecule has 1 unspecified atom stereocenters. The van der Waals surface area contributed by atoms with Gasteiger partial charge in [0.1, 0.15) is 5.25 Å². The third-order valence-corrected chi connectivity index (χ3v) is 3.78. The Morgan fingerprint density at radius 2 is 1.69 bits per heavy atom. The molecule has 0 spiro atoms. The minimum absolute atomic E-state index is 0.473. The molecule has 0 bridgehead atoms. The van der Waals surface area contributed by atoms with Crippen LogP contribution in [0, 0.1) is 0 Å². The van der Waals surface area contributed by atoms with E-state index in [1.54, 1.807) is 18.2 Å². The van der Waals surface area contributed by atoms with Gasteiger partial charge < -0.3 is 0 Å². The summed E-state index contributed by atoms with van der Waals surface area (Å²) in [5, 5.41) is 0.808. The largest absolute Gasteiger partial charge is 0.309 e. The van der Waals surface area contributed by atoms with Crippen molar-refractivity contribution in [2.45, 2.75) is 12.2 Å². The highest BCUT2D eigenvalue weighted by Gasteiger charge is 2.21. The van der Waals surface area contributed by atoms with Crippen molar-refractivity contribution in [1.29, 1.82) is 0 Å². The van der Waals surface area contributed by atoms with Gasteiger partial charge >= 0.3 is 10.2 Å². The molecule has 2 aromatic rings. The van der Waals surface area contributed by atoms with E-state index in [-0.39, 0.29) is 0 Å². The van der Waals surface area contributed by atoms with Gasteiger partial charge in [0.15, 0.2) is 0 Å². The molecule has 84 valence electrons. The molecule has 0 heterocycles. The van der Waals surface area contributed by atoms with Crippen molar-refractivity contribution in [2.24, 2.45) is 0 Å². The lowest BCUT2D eigenvalue weighted by molar-refractivity contribution is 0.540. The molecule has 1 atom stereocenters. The first-order valence-electron chi connectivity index (χ1n) is 4.90. The van der Waals surface area contributed by atoms with Crippen LogP contribution in [0.2, 0.25) is 0 Å². The van der Waals surface area contributed by atoms with Crippen molar-refractivity contribution in [3.05, 3.63) is 48.0 Å². The van der Waals surface area contributed by atoms with Gasteiger partial charge in [-0.2, -0.15) is 8.42 Å². The lowest BCUT2D eigenvalue weighted by Gasteiger charge is -2.08. The van der Waals surface area contributed by atoms with E-state index in [1.807, 2.05) is 24.3 Å². The van der Waals surface area contributed by atoms with E-state index >= 15 is 0 Å². The summed E-state index contributed by atoms with van der Waals surface area (Å²) < 4.78 is 34.4. The monoisotopic (exact) mass is 238 g/mol. The fourth-order valence-corrected chi connectivity index (χ4v) is 2.09. The van der Waals surface area contributed by atoms with Crippen LogP contribution in [0.5, 0.6) is 0 Å². The maximum Gasteiger partial charge on any atom is 0.309 e. The van der Waals surface area contributed by atoms with Crippen molar-refractivity contribution in [3.63, 3.8) is 0 Å². The molecule has 0 saturated carbocycles. The van der Waals surface area contributed by atoms with Crippen molar-refractivity contribution in [2.75, 3.05) is 0 Å². The van der Waals surface area contributed by atoms with E-state index in [9.17, 15) is 12.3 Å². The topological polar surface area (TPSA) is 34.1 Å². The van der Waals surface area contributed by atoms with E-state index in [0.717, 1.165) is 10.8 Å². The molecule has 0 radical (unpaired) electrons. The Kier molecular flexibility index (Phi) is 2.68. The van der Waals surface area contributed by atoms with Crippen LogP contribution in [-0.2, 0) is 10.2 Å². The summed E-state index contributed by atoms with van der Waals surface area (Å²) in [4.78, 5) is 0. The zero-order chi connectivity index (χ0) is 11.8. The minimum atomic E-state index is -4.52. The van der Waals surface area contributed by atoms with Gasteiger partial charge in [-0.15, -0.1) is 3.89 Å². The van der Waals surface area contributed by atoms with Crippen LogP contribution in [0.1, 0.15) is 17.7 Å². The highest BCUT2D eigenvalue weighted by atomic mass is 32.3. The molecule has 16 heavy (non-hydrogen) atoms. The maximum absolute atomic E-state index is 12.8. The van der Waals surface area contributed by atoms with Gasteiger partial charge in [-0.05, 0) is 29.3 Å². The lowest BCUT2D eigenvalue weighted by Crippen LogP contribution is -2.03. The molecule has 0 amide bonds. The van der Waals surface area contributed by atoms with Crippen molar-refractivity contribution >= 4 is 21.0 Å². The van der Waals surface area contributed by atoms with Gasteiger partial charge in [0.05, 0.1) is 0 Å². The Hall–Kier alpha value is -1.42. The fraction of sp³-hybridized carbons (Fsp3) is 0.167. The zero-order valence-corrected chi connectivity index (χ0v) is 9.54. The summed E-state index contributed by atoms with van der Waals surface area (Å²) in [6.07, 6.45) is 0. The first-order chi connectivity index (χ1) is 7.48. The molecule has 2 rings (SSSR count). The Morgan fingerprint density at radius 1 is 1.06 bits per heavy atom. The second-order valence-corrected chi connectivity index (χ2v) is 5.38. The van der Waals surface area contributed by atoms with Crippen LogP contribution in [0.15, 0.2) is 42.5 Å². The van der Waals surface area contributed by atoms with Gasteiger partial charge in [-0.25, -0.2) is 0 Å². The molecule has 0 aliphatic heterocycles. The van der Waals surface area contributed by atoms with Crippen LogP contribution in [0.25, 0.3) is 10.8 Å². The number of hydrogen-bond donors (Lipinski definition) is 0. The van der Waals surface area contributed by atoms with Crippen molar-refractivity contribution in [1.82, 2.24) is 0 Å². The first-order valence-corrected chi connectivity index (χ1v) is 6.35. The highest BCUT2D eigenvalue weighted by Crippen LogP contribution is 2.26. The van der Waals surface area contributed by atoms with Gasteiger partial charge in [-0.1, -0.05) is 36.4 Å². The van der Waals surface area contributed by atoms with Gasteiger partial charge in [0, 0.05) is 0 Å². The average Bonchev–Trinajstić information content (AvgIpc) is 2.26. The molecule has 0 fully saturated rings. The summed E-state index contributed by atoms with van der Waals surface area (Å²) in [5.41, 5.74) is 0.473. The van der Waals surface area contributed by atoms with Crippen LogP contribution in [0.3, 0.4) is 0 Å². The molecule has 0 saturated heterocycles. The van der Waals surface area contributed by atoms with Crippen LogP contribution in [0.4, 0.5) is 3.89 Å². The summed E-state index contributed by atoms with van der Waals surface area (Å²) in [6, 6.07) is 12.7. The quantitative estimate of drug-likeness (QED) is 0.753. The fourth-order valence-electron chi connectivity index (χ4n) is 1.62. The molecule has 0 aromatic heterocycles. The Morgan fingerprint density at radius 3 is 2.31 bits per heavy atom. The molecular weight excluding hydrogens is 227 g/mol. The minimum Gasteiger partial charge on any atom is -0.194 e. The van der Waals surface area contributed by atoms with E-state index < -0.39 is 15.5 Å². The van der Waals surface area contributed by atoms with E-state index in [4.69, 9.17) is 0 Å². The number of fused-ring (bicyclic) bond motifs is 1. The summed E-state index contributed by atoms with van der Waals surface area (Å²) in [7, 11) is -4.52. The lowest BCUT2D eigenvalue weighted by atomic mass is 10.1. The number of benzene rings is 2. The first kappa shape index (κ1) is 11.1. The Bertz CT molecular complexity index is 620. The number of hydrogen-bond acceptors (Lipinski definition) is 2. The second-order valence-electron chi connectivity index (χ2n) is 3.72. The molecule has 2 nitrogen and oxygen atoms in total. The van der Waals surface area contributed by atoms with Crippen molar-refractivity contribution in [3.8, 4) is 0 Å². The second kappa shape index (κ2) is 3.87. The van der Waals surface area contributed by atoms with Crippen LogP contribution in [-0.4, -0.2) is 8.42 Å². The molecule has 0 aliphatic rings. The summed E-state index contributed by atoms with van der Waals surface area (Å²) in [6.45, 7) is 1.35. The smallest absolute Gasteiger partial charge is 0.194 e. The Balaban J connectivity index is 2.55. The average molecular weight is 238 g/mol. The third-order valence-electron chi connectivity index (χ3n) is 2.67. The van der Waals surface area contributed by atoms with E-state index in [1.165, 1.54) is 6.92 Å². The normalized spacial score (nSPS) is 13.9. The number of rotatable bonds is 2. The molecule has 0 aliphatic carbocycles. The molecular formula is C12H11FO2S. The summed E-state index contributed by atoms with van der Waals surface area (Å²) >= 11 is 0. The van der Waals surface area contributed by atoms with E-state index in [0.29, 0.717) is 5.56 Å². The highest BCUT2D eigenvalue weighted by molar-refractivity contribution is 7.86. The Labute approximate surface area is 93.9 Å². The number of halogens is 1. The third kappa shape index (κ3) is 2.07. The molecule has 0 N–H and O–H groups in total. The predicted octanol–water partition coefficient (Wildman–Crippen LogP) is 3.20. The van der Waals surface area contributed by atoms with Gasteiger partial charge in [-0.3, -0.25) is 0 Å². The van der Waals surface area contributed by atoms with Crippen LogP contribution < -0.4 is 0 Å². The van der Waals surface area contributed by atoms with Crippen LogP contribution >= 0.6 is 0 Å². The molecule has 4 heteroatoms. The molecule has 2 aromatic carbocycles. The predicted molar refractivity (Wildman–Crippen MR) is 62.4 cm³/mol. The van der Waals surface area contributed by atoms with Gasteiger partial charge in [0.2, 0.25) is 0 Å². The van der Waals surface area contributed by atoms with Crippen molar-refractivity contribution < 1.29 is 12.3 Å². The maximum atomic E-state index is 12.8. The SMILES string of the molecule is CC(c1ccc2ccccc2c1)S(=O)(=O)F.